The van der Waals surface area contributed by atoms with Crippen LogP contribution in [-0.4, -0.2) is 45.3 Å². The van der Waals surface area contributed by atoms with Crippen molar-refractivity contribution in [3.8, 4) is 11.5 Å². The molecule has 0 atom stereocenters. The number of hydrogen-bond donors (Lipinski definition) is 1. The number of carbonyl (C=O) groups excluding carboxylic acids is 2. The molecule has 7 nitrogen and oxygen atoms in total. The summed E-state index contributed by atoms with van der Waals surface area (Å²) in [5.74, 6) is 0.909. The molecule has 2 aromatic carbocycles. The Morgan fingerprint density at radius 3 is 2.81 bits per heavy atom. The third-order valence-corrected chi connectivity index (χ3v) is 3.79. The lowest BCUT2D eigenvalue weighted by Crippen LogP contribution is -2.41. The molecule has 0 unspecified atom stereocenters. The number of ether oxygens (including phenoxy) is 3. The highest BCUT2D eigenvalue weighted by atomic mass is 16.5. The summed E-state index contributed by atoms with van der Waals surface area (Å²) in [5, 5.41) is 2.72. The summed E-state index contributed by atoms with van der Waals surface area (Å²) in [6, 6.07) is 14.6. The van der Waals surface area contributed by atoms with Gasteiger partial charge in [-0.05, 0) is 30.3 Å². The fourth-order valence-electron chi connectivity index (χ4n) is 2.62. The molecule has 0 spiro atoms. The molecule has 7 heteroatoms. The smallest absolute Gasteiger partial charge is 0.265 e. The molecule has 0 fully saturated rings. The summed E-state index contributed by atoms with van der Waals surface area (Å²) in [7, 11) is 1.45. The summed E-state index contributed by atoms with van der Waals surface area (Å²) in [6.07, 6.45) is 0. The van der Waals surface area contributed by atoms with Crippen LogP contribution in [0.25, 0.3) is 0 Å². The third kappa shape index (κ3) is 4.31. The van der Waals surface area contributed by atoms with E-state index >= 15 is 0 Å². The van der Waals surface area contributed by atoms with Gasteiger partial charge in [0.1, 0.15) is 24.7 Å². The molecule has 1 N–H and O–H groups in total. The molecule has 0 saturated carbocycles. The zero-order valence-corrected chi connectivity index (χ0v) is 14.4. The lowest BCUT2D eigenvalue weighted by atomic mass is 10.2. The van der Waals surface area contributed by atoms with Gasteiger partial charge in [0.15, 0.2) is 6.61 Å². The number of nitrogens with zero attached hydrogens (tertiary/aromatic N) is 1. The lowest BCUT2D eigenvalue weighted by molar-refractivity contribution is -0.121. The Bertz CT molecular complexity index is 779. The summed E-state index contributed by atoms with van der Waals surface area (Å²) < 4.78 is 16.0. The largest absolute Gasteiger partial charge is 0.492 e. The van der Waals surface area contributed by atoms with Crippen LogP contribution in [0.2, 0.25) is 0 Å². The van der Waals surface area contributed by atoms with Crippen molar-refractivity contribution in [3.63, 3.8) is 0 Å². The van der Waals surface area contributed by atoms with Gasteiger partial charge in [-0.3, -0.25) is 9.59 Å². The average molecular weight is 356 g/mol. The number of carbonyl (C=O) groups is 2. The van der Waals surface area contributed by atoms with E-state index in [1.165, 1.54) is 7.11 Å². The van der Waals surface area contributed by atoms with Crippen molar-refractivity contribution >= 4 is 23.2 Å². The van der Waals surface area contributed by atoms with Gasteiger partial charge in [0, 0.05) is 12.8 Å². The van der Waals surface area contributed by atoms with E-state index in [-0.39, 0.29) is 25.0 Å². The van der Waals surface area contributed by atoms with Crippen LogP contribution in [0.5, 0.6) is 11.5 Å². The van der Waals surface area contributed by atoms with Crippen molar-refractivity contribution in [1.82, 2.24) is 0 Å². The standard InChI is InChI=1S/C19H20N2O5/c1-24-12-18(22)20-14-7-8-17-16(11-14)21(19(23)13-26-17)9-10-25-15-5-3-2-4-6-15/h2-8,11H,9-10,12-13H2,1H3,(H,20,22). The van der Waals surface area contributed by atoms with Crippen molar-refractivity contribution in [2.45, 2.75) is 0 Å². The van der Waals surface area contributed by atoms with Gasteiger partial charge in [0.25, 0.3) is 5.91 Å². The van der Waals surface area contributed by atoms with Gasteiger partial charge >= 0.3 is 0 Å². The van der Waals surface area contributed by atoms with Crippen molar-refractivity contribution in [2.24, 2.45) is 0 Å². The molecule has 2 amide bonds. The number of fused-ring (bicyclic) bond motifs is 1. The van der Waals surface area contributed by atoms with Gasteiger partial charge in [-0.2, -0.15) is 0 Å². The molecule has 1 aliphatic heterocycles. The van der Waals surface area contributed by atoms with Gasteiger partial charge in [-0.1, -0.05) is 18.2 Å². The monoisotopic (exact) mass is 356 g/mol. The second kappa shape index (κ2) is 8.35. The van der Waals surface area contributed by atoms with E-state index in [4.69, 9.17) is 14.2 Å². The number of amides is 2. The molecule has 3 rings (SSSR count). The first kappa shape index (κ1) is 17.8. The van der Waals surface area contributed by atoms with E-state index in [1.54, 1.807) is 23.1 Å². The van der Waals surface area contributed by atoms with Gasteiger partial charge in [0.2, 0.25) is 5.91 Å². The molecule has 0 saturated heterocycles. The molecule has 26 heavy (non-hydrogen) atoms. The maximum atomic E-state index is 12.3. The highest BCUT2D eigenvalue weighted by molar-refractivity contribution is 5.99. The predicted molar refractivity (Wildman–Crippen MR) is 96.7 cm³/mol. The van der Waals surface area contributed by atoms with E-state index in [9.17, 15) is 9.59 Å². The van der Waals surface area contributed by atoms with Crippen molar-refractivity contribution < 1.29 is 23.8 Å². The van der Waals surface area contributed by atoms with E-state index < -0.39 is 0 Å². The van der Waals surface area contributed by atoms with Crippen LogP contribution < -0.4 is 19.7 Å². The molecule has 0 bridgehead atoms. The minimum Gasteiger partial charge on any atom is -0.492 e. The van der Waals surface area contributed by atoms with E-state index in [0.717, 1.165) is 5.75 Å². The number of anilines is 2. The Hall–Kier alpha value is -3.06. The summed E-state index contributed by atoms with van der Waals surface area (Å²) >= 11 is 0. The van der Waals surface area contributed by atoms with Gasteiger partial charge < -0.3 is 24.4 Å². The van der Waals surface area contributed by atoms with E-state index in [1.807, 2.05) is 30.3 Å². The minimum atomic E-state index is -0.269. The van der Waals surface area contributed by atoms with Crippen LogP contribution in [-0.2, 0) is 14.3 Å². The van der Waals surface area contributed by atoms with Crippen LogP contribution in [0.1, 0.15) is 0 Å². The highest BCUT2D eigenvalue weighted by Crippen LogP contribution is 2.34. The van der Waals surface area contributed by atoms with Crippen molar-refractivity contribution in [2.75, 3.05) is 43.7 Å². The second-order valence-electron chi connectivity index (χ2n) is 5.66. The first-order valence-corrected chi connectivity index (χ1v) is 8.21. The second-order valence-corrected chi connectivity index (χ2v) is 5.66. The molecule has 2 aromatic rings. The van der Waals surface area contributed by atoms with Crippen LogP contribution in [0.3, 0.4) is 0 Å². The Kier molecular flexibility index (Phi) is 5.70. The molecule has 0 aliphatic carbocycles. The zero-order valence-electron chi connectivity index (χ0n) is 14.4. The van der Waals surface area contributed by atoms with Crippen LogP contribution in [0.15, 0.2) is 48.5 Å². The minimum absolute atomic E-state index is 0.0201. The number of hydrogen-bond acceptors (Lipinski definition) is 5. The van der Waals surface area contributed by atoms with Crippen LogP contribution >= 0.6 is 0 Å². The Morgan fingerprint density at radius 1 is 1.23 bits per heavy atom. The number of para-hydroxylation sites is 1. The van der Waals surface area contributed by atoms with Gasteiger partial charge in [0.05, 0.1) is 12.2 Å². The first-order valence-electron chi connectivity index (χ1n) is 8.21. The summed E-state index contributed by atoms with van der Waals surface area (Å²) in [6.45, 7) is 0.657. The summed E-state index contributed by atoms with van der Waals surface area (Å²) in [5.41, 5.74) is 1.17. The maximum absolute atomic E-state index is 12.3. The average Bonchev–Trinajstić information content (AvgIpc) is 2.64. The quantitative estimate of drug-likeness (QED) is 0.822. The van der Waals surface area contributed by atoms with E-state index in [2.05, 4.69) is 5.32 Å². The van der Waals surface area contributed by atoms with Crippen molar-refractivity contribution in [1.29, 1.82) is 0 Å². The first-order chi connectivity index (χ1) is 12.7. The van der Waals surface area contributed by atoms with Crippen LogP contribution in [0.4, 0.5) is 11.4 Å². The number of methoxy groups -OCH3 is 1. The predicted octanol–water partition coefficient (Wildman–Crippen LogP) is 2.08. The topological polar surface area (TPSA) is 77.1 Å². The molecule has 0 aromatic heterocycles. The molecule has 1 heterocycles. The van der Waals surface area contributed by atoms with Gasteiger partial charge in [-0.15, -0.1) is 0 Å². The maximum Gasteiger partial charge on any atom is 0.265 e. The fraction of sp³-hybridized carbons (Fsp3) is 0.263. The van der Waals surface area contributed by atoms with Gasteiger partial charge in [-0.25, -0.2) is 0 Å². The Balaban J connectivity index is 1.70. The molecule has 1 aliphatic rings. The molecular formula is C19H20N2O5. The molecular weight excluding hydrogens is 336 g/mol. The Morgan fingerprint density at radius 2 is 2.04 bits per heavy atom. The fourth-order valence-corrected chi connectivity index (χ4v) is 2.62. The number of benzene rings is 2. The zero-order chi connectivity index (χ0) is 18.4. The molecule has 136 valence electrons. The highest BCUT2D eigenvalue weighted by Gasteiger charge is 2.26. The SMILES string of the molecule is COCC(=O)Nc1ccc2c(c1)N(CCOc1ccccc1)C(=O)CO2. The number of rotatable bonds is 7. The number of nitrogens with one attached hydrogen (secondary N) is 1. The van der Waals surface area contributed by atoms with Crippen molar-refractivity contribution in [3.05, 3.63) is 48.5 Å². The third-order valence-electron chi connectivity index (χ3n) is 3.79. The lowest BCUT2D eigenvalue weighted by Gasteiger charge is -2.29. The summed E-state index contributed by atoms with van der Waals surface area (Å²) in [4.78, 5) is 25.6. The normalized spacial score (nSPS) is 13.0. The van der Waals surface area contributed by atoms with E-state index in [0.29, 0.717) is 30.3 Å². The Labute approximate surface area is 151 Å². The van der Waals surface area contributed by atoms with Crippen LogP contribution in [0, 0.1) is 0 Å². The molecule has 0 radical (unpaired) electrons.